The highest BCUT2D eigenvalue weighted by Crippen LogP contribution is 2.22. The second-order valence-corrected chi connectivity index (χ2v) is 8.59. The Bertz CT molecular complexity index is 916. The van der Waals surface area contributed by atoms with Gasteiger partial charge in [0.05, 0.1) is 10.6 Å². The zero-order valence-corrected chi connectivity index (χ0v) is 15.9. The van der Waals surface area contributed by atoms with Crippen molar-refractivity contribution in [3.8, 4) is 0 Å². The summed E-state index contributed by atoms with van der Waals surface area (Å²) in [6, 6.07) is 11.9. The Morgan fingerprint density at radius 3 is 2.46 bits per heavy atom. The van der Waals surface area contributed by atoms with Crippen LogP contribution in [-0.2, 0) is 10.0 Å². The van der Waals surface area contributed by atoms with E-state index in [2.05, 4.69) is 10.0 Å². The summed E-state index contributed by atoms with van der Waals surface area (Å²) in [5.41, 5.74) is 2.82. The lowest BCUT2D eigenvalue weighted by atomic mass is 10.1. The molecule has 6 heteroatoms. The smallest absolute Gasteiger partial charge is 0.261 e. The molecule has 0 unspecified atom stereocenters. The van der Waals surface area contributed by atoms with Crippen molar-refractivity contribution >= 4 is 21.6 Å². The molecular weight excluding hydrogens is 348 g/mol. The molecule has 1 aliphatic carbocycles. The van der Waals surface area contributed by atoms with Crippen molar-refractivity contribution in [2.75, 3.05) is 4.72 Å². The first-order chi connectivity index (χ1) is 12.3. The lowest BCUT2D eigenvalue weighted by molar-refractivity contribution is 0.0937. The average molecular weight is 372 g/mol. The van der Waals surface area contributed by atoms with Gasteiger partial charge in [-0.05, 0) is 56.5 Å². The molecule has 26 heavy (non-hydrogen) atoms. The number of aryl methyl sites for hydroxylation is 2. The van der Waals surface area contributed by atoms with Gasteiger partial charge in [-0.15, -0.1) is 0 Å². The molecule has 2 aromatic rings. The van der Waals surface area contributed by atoms with Crippen molar-refractivity contribution in [2.24, 2.45) is 0 Å². The fourth-order valence-corrected chi connectivity index (χ4v) is 4.45. The van der Waals surface area contributed by atoms with Gasteiger partial charge in [0.25, 0.3) is 15.9 Å². The normalized spacial score (nSPS) is 15.0. The second kappa shape index (κ2) is 7.50. The minimum absolute atomic E-state index is 0.0801. The quantitative estimate of drug-likeness (QED) is 0.839. The SMILES string of the molecule is Cc1ccc(NS(=O)(=O)c2cccc(C(=O)NC3CCCC3)c2)c(C)c1. The fourth-order valence-electron chi connectivity index (χ4n) is 3.28. The Morgan fingerprint density at radius 2 is 1.77 bits per heavy atom. The van der Waals surface area contributed by atoms with Crippen molar-refractivity contribution < 1.29 is 13.2 Å². The average Bonchev–Trinajstić information content (AvgIpc) is 3.10. The van der Waals surface area contributed by atoms with E-state index in [1.165, 1.54) is 12.1 Å². The predicted molar refractivity (Wildman–Crippen MR) is 103 cm³/mol. The molecule has 0 saturated heterocycles. The van der Waals surface area contributed by atoms with Gasteiger partial charge in [0.15, 0.2) is 0 Å². The van der Waals surface area contributed by atoms with E-state index in [1.54, 1.807) is 18.2 Å². The zero-order chi connectivity index (χ0) is 18.7. The maximum atomic E-state index is 12.7. The summed E-state index contributed by atoms with van der Waals surface area (Å²) in [7, 11) is -3.76. The molecule has 0 atom stereocenters. The molecule has 1 amide bonds. The van der Waals surface area contributed by atoms with Crippen LogP contribution in [0.1, 0.15) is 47.2 Å². The summed E-state index contributed by atoms with van der Waals surface area (Å²) in [5, 5.41) is 2.98. The molecule has 1 aliphatic rings. The van der Waals surface area contributed by atoms with E-state index >= 15 is 0 Å². The minimum atomic E-state index is -3.76. The van der Waals surface area contributed by atoms with Gasteiger partial charge < -0.3 is 5.32 Å². The van der Waals surface area contributed by atoms with E-state index in [0.717, 1.165) is 36.8 Å². The maximum Gasteiger partial charge on any atom is 0.261 e. The third kappa shape index (κ3) is 4.25. The Balaban J connectivity index is 1.80. The van der Waals surface area contributed by atoms with E-state index in [9.17, 15) is 13.2 Å². The molecule has 2 N–H and O–H groups in total. The van der Waals surface area contributed by atoms with Crippen molar-refractivity contribution in [1.82, 2.24) is 5.32 Å². The van der Waals surface area contributed by atoms with Crippen LogP contribution in [0.2, 0.25) is 0 Å². The van der Waals surface area contributed by atoms with Crippen molar-refractivity contribution in [2.45, 2.75) is 50.5 Å². The number of anilines is 1. The molecule has 3 rings (SSSR count). The Morgan fingerprint density at radius 1 is 1.04 bits per heavy atom. The minimum Gasteiger partial charge on any atom is -0.349 e. The van der Waals surface area contributed by atoms with Gasteiger partial charge in [-0.25, -0.2) is 8.42 Å². The molecule has 0 spiro atoms. The number of nitrogens with one attached hydrogen (secondary N) is 2. The van der Waals surface area contributed by atoms with Gasteiger partial charge in [-0.3, -0.25) is 9.52 Å². The van der Waals surface area contributed by atoms with Crippen molar-refractivity contribution in [3.05, 3.63) is 59.2 Å². The molecule has 0 aliphatic heterocycles. The maximum absolute atomic E-state index is 12.7. The van der Waals surface area contributed by atoms with E-state index in [1.807, 2.05) is 26.0 Å². The van der Waals surface area contributed by atoms with Crippen LogP contribution in [0.25, 0.3) is 0 Å². The van der Waals surface area contributed by atoms with Crippen LogP contribution in [0.3, 0.4) is 0 Å². The van der Waals surface area contributed by atoms with Crippen LogP contribution < -0.4 is 10.0 Å². The molecule has 0 bridgehead atoms. The predicted octanol–water partition coefficient (Wildman–Crippen LogP) is 3.78. The van der Waals surface area contributed by atoms with Crippen molar-refractivity contribution in [3.63, 3.8) is 0 Å². The van der Waals surface area contributed by atoms with Crippen molar-refractivity contribution in [1.29, 1.82) is 0 Å². The van der Waals surface area contributed by atoms with Crippen LogP contribution in [0.4, 0.5) is 5.69 Å². The molecule has 2 aromatic carbocycles. The van der Waals surface area contributed by atoms with Crippen LogP contribution >= 0.6 is 0 Å². The molecule has 0 radical (unpaired) electrons. The topological polar surface area (TPSA) is 75.3 Å². The highest BCUT2D eigenvalue weighted by atomic mass is 32.2. The lowest BCUT2D eigenvalue weighted by Gasteiger charge is -2.14. The fraction of sp³-hybridized carbons (Fsp3) is 0.350. The molecular formula is C20H24N2O3S. The highest BCUT2D eigenvalue weighted by Gasteiger charge is 2.20. The number of sulfonamides is 1. The van der Waals surface area contributed by atoms with E-state index in [0.29, 0.717) is 11.3 Å². The molecule has 5 nitrogen and oxygen atoms in total. The van der Waals surface area contributed by atoms with Crippen LogP contribution in [-0.4, -0.2) is 20.4 Å². The first kappa shape index (κ1) is 18.5. The van der Waals surface area contributed by atoms with E-state index in [-0.39, 0.29) is 16.8 Å². The summed E-state index contributed by atoms with van der Waals surface area (Å²) in [5.74, 6) is -0.222. The number of carbonyl (C=O) groups is 1. The summed E-state index contributed by atoms with van der Waals surface area (Å²) < 4.78 is 28.0. The molecule has 1 fully saturated rings. The molecule has 138 valence electrons. The summed E-state index contributed by atoms with van der Waals surface area (Å²) >= 11 is 0. The van der Waals surface area contributed by atoms with Gasteiger partial charge in [0, 0.05) is 11.6 Å². The zero-order valence-electron chi connectivity index (χ0n) is 15.1. The van der Waals surface area contributed by atoms with Gasteiger partial charge in [-0.1, -0.05) is 36.6 Å². The van der Waals surface area contributed by atoms with E-state index in [4.69, 9.17) is 0 Å². The Labute approximate surface area is 154 Å². The number of amides is 1. The number of carbonyl (C=O) groups excluding carboxylic acids is 1. The first-order valence-electron chi connectivity index (χ1n) is 8.86. The third-order valence-electron chi connectivity index (χ3n) is 4.72. The highest BCUT2D eigenvalue weighted by molar-refractivity contribution is 7.92. The summed E-state index contributed by atoms with van der Waals surface area (Å²) in [6.45, 7) is 3.81. The van der Waals surface area contributed by atoms with E-state index < -0.39 is 10.0 Å². The number of benzene rings is 2. The second-order valence-electron chi connectivity index (χ2n) is 6.91. The number of hydrogen-bond acceptors (Lipinski definition) is 3. The first-order valence-corrected chi connectivity index (χ1v) is 10.3. The standard InChI is InChI=1S/C20H24N2O3S/c1-14-10-11-19(15(2)12-14)22-26(24,25)18-9-5-6-16(13-18)20(23)21-17-7-3-4-8-17/h5-6,9-13,17,22H,3-4,7-8H2,1-2H3,(H,21,23). The van der Waals surface area contributed by atoms with Gasteiger partial charge in [-0.2, -0.15) is 0 Å². The van der Waals surface area contributed by atoms with Gasteiger partial charge >= 0.3 is 0 Å². The lowest BCUT2D eigenvalue weighted by Crippen LogP contribution is -2.32. The van der Waals surface area contributed by atoms with Crippen LogP contribution in [0.5, 0.6) is 0 Å². The summed E-state index contributed by atoms with van der Waals surface area (Å²) in [6.07, 6.45) is 4.22. The van der Waals surface area contributed by atoms with Crippen LogP contribution in [0, 0.1) is 13.8 Å². The Kier molecular flexibility index (Phi) is 5.32. The number of hydrogen-bond donors (Lipinski definition) is 2. The molecule has 0 aromatic heterocycles. The summed E-state index contributed by atoms with van der Waals surface area (Å²) in [4.78, 5) is 12.5. The third-order valence-corrected chi connectivity index (χ3v) is 6.09. The van der Waals surface area contributed by atoms with Crippen LogP contribution in [0.15, 0.2) is 47.4 Å². The number of rotatable bonds is 5. The molecule has 1 saturated carbocycles. The Hall–Kier alpha value is -2.34. The largest absolute Gasteiger partial charge is 0.349 e. The molecule has 0 heterocycles. The monoisotopic (exact) mass is 372 g/mol. The van der Waals surface area contributed by atoms with Gasteiger partial charge in [0.1, 0.15) is 0 Å². The van der Waals surface area contributed by atoms with Gasteiger partial charge in [0.2, 0.25) is 0 Å².